The highest BCUT2D eigenvalue weighted by Crippen LogP contribution is 2.44. The van der Waals surface area contributed by atoms with E-state index in [-0.39, 0.29) is 25.5 Å². The summed E-state index contributed by atoms with van der Waals surface area (Å²) in [6.45, 7) is 5.46. The van der Waals surface area contributed by atoms with E-state index in [1.165, 1.54) is 0 Å². The third-order valence-electron chi connectivity index (χ3n) is 6.91. The Balaban J connectivity index is 1.31. The quantitative estimate of drug-likeness (QED) is 0.172. The molecule has 6 N–H and O–H groups in total. The molecular formula is C33H37N5O7. The average Bonchev–Trinajstić information content (AvgIpc) is 3.30. The zero-order valence-electron chi connectivity index (χ0n) is 25.3. The first-order valence-electron chi connectivity index (χ1n) is 14.4. The Bertz CT molecular complexity index is 1520. The number of carbonyl (C=O) groups excluding carboxylic acids is 5. The molecule has 0 unspecified atom stereocenters. The van der Waals surface area contributed by atoms with Crippen LogP contribution in [0.5, 0.6) is 0 Å². The van der Waals surface area contributed by atoms with Gasteiger partial charge in [0.15, 0.2) is 0 Å². The van der Waals surface area contributed by atoms with Gasteiger partial charge in [-0.25, -0.2) is 9.59 Å². The van der Waals surface area contributed by atoms with Gasteiger partial charge in [-0.3, -0.25) is 25.2 Å². The Morgan fingerprint density at radius 2 is 1.38 bits per heavy atom. The van der Waals surface area contributed by atoms with E-state index < -0.39 is 48.0 Å². The lowest BCUT2D eigenvalue weighted by Gasteiger charge is -2.23. The minimum atomic E-state index is -1.13. The summed E-state index contributed by atoms with van der Waals surface area (Å²) >= 11 is 0. The molecule has 1 aliphatic rings. The fourth-order valence-electron chi connectivity index (χ4n) is 4.93. The summed E-state index contributed by atoms with van der Waals surface area (Å²) in [5.74, 6) is -2.45. The Morgan fingerprint density at radius 1 is 0.800 bits per heavy atom. The summed E-state index contributed by atoms with van der Waals surface area (Å²) in [7, 11) is 0. The number of fused-ring (bicyclic) bond motifs is 3. The molecule has 0 heterocycles. The summed E-state index contributed by atoms with van der Waals surface area (Å²) in [5.41, 5.74) is 14.5. The van der Waals surface area contributed by atoms with Crippen LogP contribution in [0, 0.1) is 0 Å². The van der Waals surface area contributed by atoms with Crippen molar-refractivity contribution in [2.45, 2.75) is 57.7 Å². The fraction of sp³-hybridized carbons (Fsp3) is 0.303. The molecule has 0 saturated heterocycles. The van der Waals surface area contributed by atoms with Crippen molar-refractivity contribution < 1.29 is 33.4 Å². The highest BCUT2D eigenvalue weighted by atomic mass is 16.6. The lowest BCUT2D eigenvalue weighted by atomic mass is 9.98. The van der Waals surface area contributed by atoms with Gasteiger partial charge in [-0.15, -0.1) is 0 Å². The molecule has 5 amide bonds. The topological polar surface area (TPSA) is 178 Å². The predicted molar refractivity (Wildman–Crippen MR) is 165 cm³/mol. The largest absolute Gasteiger partial charge is 0.449 e. The van der Waals surface area contributed by atoms with Crippen LogP contribution in [0.2, 0.25) is 0 Å². The summed E-state index contributed by atoms with van der Waals surface area (Å²) in [5, 5.41) is 5.27. The van der Waals surface area contributed by atoms with E-state index in [0.29, 0.717) is 5.56 Å². The molecule has 0 spiro atoms. The number of nitrogens with two attached hydrogens (primary N) is 1. The molecule has 0 radical (unpaired) electrons. The van der Waals surface area contributed by atoms with Crippen LogP contribution >= 0.6 is 0 Å². The van der Waals surface area contributed by atoms with Crippen molar-refractivity contribution in [3.8, 4) is 11.1 Å². The predicted octanol–water partition coefficient (Wildman–Crippen LogP) is 3.18. The fourth-order valence-corrected chi connectivity index (χ4v) is 4.93. The van der Waals surface area contributed by atoms with Crippen molar-refractivity contribution in [3.63, 3.8) is 0 Å². The molecule has 3 aromatic carbocycles. The van der Waals surface area contributed by atoms with Gasteiger partial charge in [0.1, 0.15) is 24.7 Å². The van der Waals surface area contributed by atoms with Gasteiger partial charge in [0.2, 0.25) is 11.8 Å². The van der Waals surface area contributed by atoms with Crippen LogP contribution in [0.1, 0.15) is 55.4 Å². The van der Waals surface area contributed by atoms with Crippen LogP contribution < -0.4 is 27.2 Å². The SMILES string of the molecule is CC(C)(C)OC(=O)N[C@@H](Cc1ccc(CNC(=O)OCC2c3ccccc3-c3ccccc32)cc1)C(=O)NNC(=O)CC(N)=O. The maximum atomic E-state index is 12.8. The number of benzene rings is 3. The van der Waals surface area contributed by atoms with Gasteiger partial charge in [-0.05, 0) is 54.2 Å². The van der Waals surface area contributed by atoms with Crippen molar-refractivity contribution >= 4 is 29.9 Å². The normalized spacial score (nSPS) is 12.6. The number of alkyl carbamates (subject to hydrolysis) is 2. The molecule has 0 fully saturated rings. The lowest BCUT2D eigenvalue weighted by molar-refractivity contribution is -0.132. The maximum absolute atomic E-state index is 12.8. The number of hydrogen-bond acceptors (Lipinski definition) is 7. The summed E-state index contributed by atoms with van der Waals surface area (Å²) in [4.78, 5) is 60.4. The molecule has 4 rings (SSSR count). The van der Waals surface area contributed by atoms with Crippen LogP contribution in [-0.2, 0) is 36.8 Å². The molecule has 1 aliphatic carbocycles. The van der Waals surface area contributed by atoms with Crippen LogP contribution in [0.3, 0.4) is 0 Å². The van der Waals surface area contributed by atoms with Crippen LogP contribution in [0.25, 0.3) is 11.1 Å². The average molecular weight is 616 g/mol. The monoisotopic (exact) mass is 615 g/mol. The Hall–Kier alpha value is -5.39. The van der Waals surface area contributed by atoms with E-state index >= 15 is 0 Å². The maximum Gasteiger partial charge on any atom is 0.408 e. The lowest BCUT2D eigenvalue weighted by Crippen LogP contribution is -2.54. The Morgan fingerprint density at radius 3 is 1.96 bits per heavy atom. The number of carbonyl (C=O) groups is 5. The molecule has 0 bridgehead atoms. The van der Waals surface area contributed by atoms with Crippen molar-refractivity contribution in [3.05, 3.63) is 95.1 Å². The third kappa shape index (κ3) is 9.30. The molecule has 3 aromatic rings. The molecule has 0 saturated carbocycles. The smallest absolute Gasteiger partial charge is 0.408 e. The number of nitrogens with one attached hydrogen (secondary N) is 4. The first kappa shape index (κ1) is 32.5. The Labute approximate surface area is 261 Å². The van der Waals surface area contributed by atoms with E-state index in [1.54, 1.807) is 45.0 Å². The standard InChI is InChI=1S/C33H37N5O7/c1-33(2,3)45-32(43)36-27(30(41)38-37-29(40)17-28(34)39)16-20-12-14-21(15-13-20)18-35-31(42)44-19-26-24-10-6-4-8-22(24)23-9-5-7-11-25(23)26/h4-15,26-27H,16-19H2,1-3H3,(H2,34,39)(H,35,42)(H,36,43)(H,37,40)(H,38,41)/t27-/m0/s1. The van der Waals surface area contributed by atoms with Gasteiger partial charge in [-0.2, -0.15) is 0 Å². The molecule has 236 valence electrons. The van der Waals surface area contributed by atoms with E-state index in [4.69, 9.17) is 15.2 Å². The summed E-state index contributed by atoms with van der Waals surface area (Å²) in [6.07, 6.45) is -1.93. The van der Waals surface area contributed by atoms with Gasteiger partial charge < -0.3 is 25.8 Å². The summed E-state index contributed by atoms with van der Waals surface area (Å²) < 4.78 is 10.9. The van der Waals surface area contributed by atoms with Gasteiger partial charge >= 0.3 is 12.2 Å². The second kappa shape index (κ2) is 14.4. The van der Waals surface area contributed by atoms with Gasteiger partial charge in [-0.1, -0.05) is 72.8 Å². The minimum absolute atomic E-state index is 0.0432. The van der Waals surface area contributed by atoms with Crippen LogP contribution in [0.15, 0.2) is 72.8 Å². The number of hydrogen-bond donors (Lipinski definition) is 5. The van der Waals surface area contributed by atoms with E-state index in [9.17, 15) is 24.0 Å². The molecule has 12 nitrogen and oxygen atoms in total. The van der Waals surface area contributed by atoms with E-state index in [2.05, 4.69) is 45.8 Å². The number of ether oxygens (including phenoxy) is 2. The first-order chi connectivity index (χ1) is 21.4. The van der Waals surface area contributed by atoms with Crippen molar-refractivity contribution in [2.24, 2.45) is 5.73 Å². The zero-order valence-corrected chi connectivity index (χ0v) is 25.3. The number of rotatable bonds is 10. The first-order valence-corrected chi connectivity index (χ1v) is 14.4. The Kier molecular flexibility index (Phi) is 10.4. The van der Waals surface area contributed by atoms with Crippen molar-refractivity contribution in [2.75, 3.05) is 6.61 Å². The molecule has 12 heteroatoms. The molecule has 45 heavy (non-hydrogen) atoms. The van der Waals surface area contributed by atoms with E-state index in [0.717, 1.165) is 27.8 Å². The van der Waals surface area contributed by atoms with Crippen LogP contribution in [0.4, 0.5) is 9.59 Å². The molecule has 1 atom stereocenters. The third-order valence-corrected chi connectivity index (χ3v) is 6.91. The number of hydrazine groups is 1. The van der Waals surface area contributed by atoms with Crippen LogP contribution in [-0.4, -0.2) is 48.2 Å². The minimum Gasteiger partial charge on any atom is -0.449 e. The van der Waals surface area contributed by atoms with Gasteiger partial charge in [0.25, 0.3) is 5.91 Å². The van der Waals surface area contributed by atoms with Gasteiger partial charge in [0, 0.05) is 18.9 Å². The molecule has 0 aliphatic heterocycles. The van der Waals surface area contributed by atoms with E-state index in [1.807, 2.05) is 24.3 Å². The second-order valence-electron chi connectivity index (χ2n) is 11.6. The summed E-state index contributed by atoms with van der Waals surface area (Å²) in [6, 6.07) is 22.1. The van der Waals surface area contributed by atoms with Crippen molar-refractivity contribution in [1.82, 2.24) is 21.5 Å². The number of primary amides is 1. The molecule has 0 aromatic heterocycles. The highest BCUT2D eigenvalue weighted by molar-refractivity contribution is 5.97. The molecular weight excluding hydrogens is 578 g/mol. The highest BCUT2D eigenvalue weighted by Gasteiger charge is 2.29. The van der Waals surface area contributed by atoms with Crippen molar-refractivity contribution in [1.29, 1.82) is 0 Å². The zero-order chi connectivity index (χ0) is 32.6. The number of amides is 5. The van der Waals surface area contributed by atoms with Gasteiger partial charge in [0.05, 0.1) is 0 Å². The second-order valence-corrected chi connectivity index (χ2v) is 11.6.